The number of aromatic nitrogens is 3. The molecule has 0 aliphatic heterocycles. The van der Waals surface area contributed by atoms with Gasteiger partial charge in [0.1, 0.15) is 11.3 Å². The number of pyridine rings is 2. The SMILES string of the molecule is C(#Cc1cnc2[nH]ccc2c1NC1CCCCC1)c1ccccn1. The zero-order valence-electron chi connectivity index (χ0n) is 13.5. The Morgan fingerprint density at radius 2 is 1.96 bits per heavy atom. The van der Waals surface area contributed by atoms with Crippen LogP contribution in [0.25, 0.3) is 11.0 Å². The topological polar surface area (TPSA) is 53.6 Å². The van der Waals surface area contributed by atoms with Crippen LogP contribution in [0.5, 0.6) is 0 Å². The number of nitrogens with zero attached hydrogens (tertiary/aromatic N) is 2. The van der Waals surface area contributed by atoms with Crippen LogP contribution in [0.2, 0.25) is 0 Å². The smallest absolute Gasteiger partial charge is 0.139 e. The average molecular weight is 316 g/mol. The minimum absolute atomic E-state index is 0.523. The van der Waals surface area contributed by atoms with Gasteiger partial charge >= 0.3 is 0 Å². The molecular formula is C20H20N4. The monoisotopic (exact) mass is 316 g/mol. The number of H-pyrrole nitrogens is 1. The second-order valence-electron chi connectivity index (χ2n) is 6.23. The first-order chi connectivity index (χ1) is 11.9. The lowest BCUT2D eigenvalue weighted by molar-refractivity contribution is 0.463. The Hall–Kier alpha value is -2.80. The quantitative estimate of drug-likeness (QED) is 0.700. The molecule has 24 heavy (non-hydrogen) atoms. The largest absolute Gasteiger partial charge is 0.381 e. The van der Waals surface area contributed by atoms with Crippen LogP contribution in [-0.4, -0.2) is 21.0 Å². The summed E-state index contributed by atoms with van der Waals surface area (Å²) in [6.45, 7) is 0. The maximum absolute atomic E-state index is 4.49. The molecule has 1 fully saturated rings. The van der Waals surface area contributed by atoms with Crippen molar-refractivity contribution in [1.29, 1.82) is 0 Å². The second-order valence-corrected chi connectivity index (χ2v) is 6.23. The Morgan fingerprint density at radius 3 is 2.79 bits per heavy atom. The van der Waals surface area contributed by atoms with Crippen LogP contribution in [0.4, 0.5) is 5.69 Å². The van der Waals surface area contributed by atoms with Gasteiger partial charge in [0.15, 0.2) is 0 Å². The van der Waals surface area contributed by atoms with Crippen LogP contribution in [0.1, 0.15) is 43.4 Å². The summed E-state index contributed by atoms with van der Waals surface area (Å²) in [6, 6.07) is 8.36. The van der Waals surface area contributed by atoms with Crippen LogP contribution in [0.3, 0.4) is 0 Å². The lowest BCUT2D eigenvalue weighted by Gasteiger charge is -2.24. The fourth-order valence-corrected chi connectivity index (χ4v) is 3.28. The molecular weight excluding hydrogens is 296 g/mol. The van der Waals surface area contributed by atoms with Crippen molar-refractivity contribution in [2.75, 3.05) is 5.32 Å². The highest BCUT2D eigenvalue weighted by atomic mass is 14.9. The molecule has 0 atom stereocenters. The molecule has 0 saturated heterocycles. The molecule has 120 valence electrons. The van der Waals surface area contributed by atoms with Gasteiger partial charge in [-0.25, -0.2) is 9.97 Å². The highest BCUT2D eigenvalue weighted by molar-refractivity contribution is 5.92. The lowest BCUT2D eigenvalue weighted by Crippen LogP contribution is -2.22. The minimum Gasteiger partial charge on any atom is -0.381 e. The van der Waals surface area contributed by atoms with Gasteiger partial charge in [-0.1, -0.05) is 31.2 Å². The molecule has 0 unspecified atom stereocenters. The van der Waals surface area contributed by atoms with E-state index in [0.717, 1.165) is 28.0 Å². The van der Waals surface area contributed by atoms with E-state index in [1.165, 1.54) is 32.1 Å². The van der Waals surface area contributed by atoms with Crippen molar-refractivity contribution in [3.63, 3.8) is 0 Å². The van der Waals surface area contributed by atoms with Crippen molar-refractivity contribution in [2.45, 2.75) is 38.1 Å². The Labute approximate surface area is 141 Å². The number of fused-ring (bicyclic) bond motifs is 1. The molecule has 0 spiro atoms. The first kappa shape index (κ1) is 14.8. The molecule has 1 saturated carbocycles. The van der Waals surface area contributed by atoms with Crippen LogP contribution in [0.15, 0.2) is 42.9 Å². The van der Waals surface area contributed by atoms with Crippen LogP contribution >= 0.6 is 0 Å². The highest BCUT2D eigenvalue weighted by Gasteiger charge is 2.16. The van der Waals surface area contributed by atoms with Gasteiger partial charge in [0.05, 0.1) is 11.3 Å². The predicted octanol–water partition coefficient (Wildman–Crippen LogP) is 4.10. The first-order valence-electron chi connectivity index (χ1n) is 8.56. The molecule has 4 nitrogen and oxygen atoms in total. The van der Waals surface area contributed by atoms with E-state index in [1.54, 1.807) is 6.20 Å². The van der Waals surface area contributed by atoms with Gasteiger partial charge in [-0.05, 0) is 37.0 Å². The highest BCUT2D eigenvalue weighted by Crippen LogP contribution is 2.29. The van der Waals surface area contributed by atoms with Crippen LogP contribution < -0.4 is 5.32 Å². The lowest BCUT2D eigenvalue weighted by atomic mass is 9.95. The molecule has 1 aliphatic rings. The predicted molar refractivity (Wildman–Crippen MR) is 96.8 cm³/mol. The van der Waals surface area contributed by atoms with Crippen molar-refractivity contribution in [2.24, 2.45) is 0 Å². The summed E-state index contributed by atoms with van der Waals surface area (Å²) in [4.78, 5) is 11.9. The van der Waals surface area contributed by atoms with E-state index in [2.05, 4.69) is 38.2 Å². The molecule has 0 radical (unpaired) electrons. The Kier molecular flexibility index (Phi) is 4.16. The minimum atomic E-state index is 0.523. The van der Waals surface area contributed by atoms with Crippen molar-refractivity contribution in [3.05, 3.63) is 54.1 Å². The molecule has 3 heterocycles. The maximum Gasteiger partial charge on any atom is 0.139 e. The zero-order valence-corrected chi connectivity index (χ0v) is 13.5. The van der Waals surface area contributed by atoms with Gasteiger partial charge in [-0.15, -0.1) is 0 Å². The number of anilines is 1. The number of hydrogen-bond acceptors (Lipinski definition) is 3. The standard InChI is InChI=1S/C20H20N4/c1-2-7-17(8-3-1)24-19-15(9-10-16-6-4-5-12-21-16)14-23-20-18(19)11-13-22-20/h4-6,11-14,17H,1-3,7-8H2,(H2,22,23,24). The number of nitrogens with one attached hydrogen (secondary N) is 2. The van der Waals surface area contributed by atoms with Gasteiger partial charge in [0, 0.05) is 30.0 Å². The van der Waals surface area contributed by atoms with E-state index in [4.69, 9.17) is 0 Å². The first-order valence-corrected chi connectivity index (χ1v) is 8.56. The molecule has 3 aromatic heterocycles. The van der Waals surface area contributed by atoms with Crippen molar-refractivity contribution < 1.29 is 0 Å². The molecule has 4 heteroatoms. The fourth-order valence-electron chi connectivity index (χ4n) is 3.28. The van der Waals surface area contributed by atoms with Gasteiger partial charge in [0.2, 0.25) is 0 Å². The van der Waals surface area contributed by atoms with E-state index in [-0.39, 0.29) is 0 Å². The summed E-state index contributed by atoms with van der Waals surface area (Å²) in [7, 11) is 0. The number of hydrogen-bond donors (Lipinski definition) is 2. The normalized spacial score (nSPS) is 15.0. The molecule has 2 N–H and O–H groups in total. The van der Waals surface area contributed by atoms with E-state index in [0.29, 0.717) is 6.04 Å². The molecule has 0 bridgehead atoms. The van der Waals surface area contributed by atoms with Gasteiger partial charge in [0.25, 0.3) is 0 Å². The average Bonchev–Trinajstić information content (AvgIpc) is 3.12. The third-order valence-electron chi connectivity index (χ3n) is 4.53. The number of aromatic amines is 1. The fraction of sp³-hybridized carbons (Fsp3) is 0.300. The van der Waals surface area contributed by atoms with Gasteiger partial charge in [-0.2, -0.15) is 0 Å². The van der Waals surface area contributed by atoms with Crippen LogP contribution in [-0.2, 0) is 0 Å². The third-order valence-corrected chi connectivity index (χ3v) is 4.53. The molecule has 1 aliphatic carbocycles. The van der Waals surface area contributed by atoms with Crippen molar-refractivity contribution in [1.82, 2.24) is 15.0 Å². The second kappa shape index (κ2) is 6.76. The van der Waals surface area contributed by atoms with E-state index in [9.17, 15) is 0 Å². The maximum atomic E-state index is 4.49. The van der Waals surface area contributed by atoms with E-state index >= 15 is 0 Å². The molecule has 4 rings (SSSR count). The molecule has 0 amide bonds. The van der Waals surface area contributed by atoms with Crippen molar-refractivity contribution >= 4 is 16.7 Å². The van der Waals surface area contributed by atoms with E-state index in [1.807, 2.05) is 30.6 Å². The summed E-state index contributed by atoms with van der Waals surface area (Å²) >= 11 is 0. The molecule has 3 aromatic rings. The zero-order chi connectivity index (χ0) is 16.2. The summed E-state index contributed by atoms with van der Waals surface area (Å²) in [6.07, 6.45) is 11.9. The molecule has 0 aromatic carbocycles. The Morgan fingerprint density at radius 1 is 1.04 bits per heavy atom. The Bertz CT molecular complexity index is 880. The van der Waals surface area contributed by atoms with E-state index < -0.39 is 0 Å². The van der Waals surface area contributed by atoms with Gasteiger partial charge in [-0.3, -0.25) is 0 Å². The van der Waals surface area contributed by atoms with Crippen LogP contribution in [0, 0.1) is 11.8 Å². The third kappa shape index (κ3) is 3.11. The summed E-state index contributed by atoms with van der Waals surface area (Å²) in [5, 5.41) is 4.84. The Balaban J connectivity index is 1.71. The number of rotatable bonds is 2. The summed E-state index contributed by atoms with van der Waals surface area (Å²) < 4.78 is 0. The summed E-state index contributed by atoms with van der Waals surface area (Å²) in [5.41, 5.74) is 3.70. The van der Waals surface area contributed by atoms with Crippen molar-refractivity contribution in [3.8, 4) is 11.8 Å². The van der Waals surface area contributed by atoms with Gasteiger partial charge < -0.3 is 10.3 Å². The summed E-state index contributed by atoms with van der Waals surface area (Å²) in [5.74, 6) is 6.39.